The fraction of sp³-hybridized carbons (Fsp3) is 0.474. The average Bonchev–Trinajstić information content (AvgIpc) is 3.46. The second-order valence-corrected chi connectivity index (χ2v) is 13.3. The van der Waals surface area contributed by atoms with E-state index in [0.29, 0.717) is 4.88 Å². The van der Waals surface area contributed by atoms with Crippen LogP contribution in [0.5, 0.6) is 0 Å². The first-order chi connectivity index (χ1) is 17.2. The van der Waals surface area contributed by atoms with Crippen molar-refractivity contribution in [1.29, 1.82) is 0 Å². The summed E-state index contributed by atoms with van der Waals surface area (Å²) in [5.74, 6) is -4.30. The standard InChI is InChI=1S/C19H24N6O9S3.Na/c1-8-12(16(19(29)30)25-15(8)13(9(2)26)17(25)28)11-6-23-7-22-14(18(23)35-11)10(27)5-24(36(31,32)20-3)37(33,34)21-4;/h6-9,13,15,20-21,26H,5H2,1-4H3,(H,29,30);/q;+1/p-1/t8-,9+,13+,15+;/m0./s1. The molecule has 2 aliphatic heterocycles. The number of hydrogen-bond donors (Lipinski definition) is 3. The number of aliphatic hydroxyl groups is 1. The Bertz CT molecular complexity index is 1530. The number of β-lactam (4-membered cyclic amide) rings is 1. The number of rotatable bonds is 10. The van der Waals surface area contributed by atoms with Crippen LogP contribution in [-0.2, 0) is 30.0 Å². The van der Waals surface area contributed by atoms with E-state index in [1.165, 1.54) is 23.8 Å². The molecule has 38 heavy (non-hydrogen) atoms. The summed E-state index contributed by atoms with van der Waals surface area (Å²) in [6, 6.07) is -0.580. The molecule has 0 bridgehead atoms. The van der Waals surface area contributed by atoms with Crippen molar-refractivity contribution < 1.29 is 71.0 Å². The summed E-state index contributed by atoms with van der Waals surface area (Å²) in [6.45, 7) is 2.08. The Morgan fingerprint density at radius 3 is 2.32 bits per heavy atom. The zero-order valence-electron chi connectivity index (χ0n) is 20.9. The zero-order valence-corrected chi connectivity index (χ0v) is 25.3. The Morgan fingerprint density at radius 1 is 1.24 bits per heavy atom. The summed E-state index contributed by atoms with van der Waals surface area (Å²) < 4.78 is 54.1. The van der Waals surface area contributed by atoms with Crippen LogP contribution in [0.1, 0.15) is 29.2 Å². The van der Waals surface area contributed by atoms with Crippen molar-refractivity contribution in [2.45, 2.75) is 26.0 Å². The molecule has 1 fully saturated rings. The van der Waals surface area contributed by atoms with Gasteiger partial charge >= 0.3 is 29.6 Å². The van der Waals surface area contributed by atoms with Crippen LogP contribution < -0.4 is 44.1 Å². The number of ketones is 1. The van der Waals surface area contributed by atoms with Crippen LogP contribution in [0.15, 0.2) is 18.2 Å². The molecule has 2 aromatic heterocycles. The largest absolute Gasteiger partial charge is 1.00 e. The van der Waals surface area contributed by atoms with Crippen LogP contribution in [0.3, 0.4) is 0 Å². The van der Waals surface area contributed by atoms with Gasteiger partial charge in [-0.3, -0.25) is 14.0 Å². The predicted molar refractivity (Wildman–Crippen MR) is 127 cm³/mol. The molecule has 3 N–H and O–H groups in total. The molecule has 2 aliphatic rings. The van der Waals surface area contributed by atoms with Crippen molar-refractivity contribution >= 4 is 59.8 Å². The van der Waals surface area contributed by atoms with Crippen LogP contribution in [0, 0.1) is 11.8 Å². The Hall–Kier alpha value is -1.74. The van der Waals surface area contributed by atoms with Crippen LogP contribution >= 0.6 is 11.3 Å². The van der Waals surface area contributed by atoms with Gasteiger partial charge in [0.15, 0.2) is 0 Å². The van der Waals surface area contributed by atoms with Crippen LogP contribution in [0.2, 0.25) is 0 Å². The first-order valence-corrected chi connectivity index (χ1v) is 14.5. The first kappa shape index (κ1) is 30.8. The van der Waals surface area contributed by atoms with Crippen molar-refractivity contribution in [3.05, 3.63) is 28.8 Å². The van der Waals surface area contributed by atoms with E-state index in [2.05, 4.69) is 4.98 Å². The third-order valence-corrected chi connectivity index (χ3v) is 11.1. The van der Waals surface area contributed by atoms with E-state index in [1.54, 1.807) is 6.92 Å². The smallest absolute Gasteiger partial charge is 0.543 e. The number of aliphatic carboxylic acids is 1. The van der Waals surface area contributed by atoms with E-state index in [4.69, 9.17) is 0 Å². The van der Waals surface area contributed by atoms with Crippen molar-refractivity contribution in [3.63, 3.8) is 0 Å². The van der Waals surface area contributed by atoms with Crippen molar-refractivity contribution in [3.8, 4) is 0 Å². The molecule has 0 aromatic carbocycles. The summed E-state index contributed by atoms with van der Waals surface area (Å²) in [5, 5.41) is 22.0. The number of imidazole rings is 1. The second-order valence-electron chi connectivity index (χ2n) is 8.48. The van der Waals surface area contributed by atoms with E-state index in [9.17, 15) is 41.4 Å². The minimum Gasteiger partial charge on any atom is -0.543 e. The molecule has 15 nitrogen and oxygen atoms in total. The van der Waals surface area contributed by atoms with Gasteiger partial charge in [0.2, 0.25) is 11.7 Å². The Balaban J connectivity index is 0.00000400. The molecule has 1 amide bonds. The number of carbonyl (C=O) groups is 3. The van der Waals surface area contributed by atoms with Crippen molar-refractivity contribution in [2.24, 2.45) is 11.8 Å². The van der Waals surface area contributed by atoms with Gasteiger partial charge in [0.05, 0.1) is 41.2 Å². The maximum Gasteiger partial charge on any atom is 1.00 e. The third kappa shape index (κ3) is 4.76. The summed E-state index contributed by atoms with van der Waals surface area (Å²) >= 11 is 0.959. The van der Waals surface area contributed by atoms with Crippen molar-refractivity contribution in [2.75, 3.05) is 20.6 Å². The number of aliphatic hydroxyl groups excluding tert-OH is 1. The van der Waals surface area contributed by atoms with E-state index in [0.717, 1.165) is 30.3 Å². The van der Waals surface area contributed by atoms with Gasteiger partial charge in [-0.25, -0.2) is 14.4 Å². The molecule has 4 rings (SSSR count). The third-order valence-electron chi connectivity index (χ3n) is 6.43. The number of nitrogens with one attached hydrogen (secondary N) is 2. The van der Waals surface area contributed by atoms with E-state index < -0.39 is 68.6 Å². The SMILES string of the molecule is CNS(=O)(=O)N(CC(=O)c1ncn2cc(C3=C(C(=O)[O-])N4C(=O)[C@H]([C@@H](C)O)[C@H]4[C@H]3C)sc12)S(=O)(=O)NC.[Na+]. The number of carbonyl (C=O) groups excluding carboxylic acids is 3. The topological polar surface area (TPSA) is 211 Å². The molecule has 2 aromatic rings. The number of nitrogens with zero attached hydrogens (tertiary/aromatic N) is 4. The van der Waals surface area contributed by atoms with Crippen LogP contribution in [-0.4, -0.2) is 90.4 Å². The van der Waals surface area contributed by atoms with Gasteiger partial charge < -0.3 is 19.9 Å². The molecular weight excluding hydrogens is 575 g/mol. The monoisotopic (exact) mass is 598 g/mol. The number of aromatic nitrogens is 2. The van der Waals surface area contributed by atoms with Gasteiger partial charge in [-0.1, -0.05) is 10.6 Å². The van der Waals surface area contributed by atoms with E-state index in [-0.39, 0.29) is 55.1 Å². The number of thiazole rings is 1. The van der Waals surface area contributed by atoms with Gasteiger partial charge in [0.25, 0.3) is 20.4 Å². The van der Waals surface area contributed by atoms with Crippen molar-refractivity contribution in [1.82, 2.24) is 27.4 Å². The zero-order chi connectivity index (χ0) is 27.6. The summed E-state index contributed by atoms with van der Waals surface area (Å²) in [5.41, 5.74) is -0.275. The predicted octanol–water partition coefficient (Wildman–Crippen LogP) is -5.87. The quantitative estimate of drug-likeness (QED) is 0.134. The van der Waals surface area contributed by atoms with Gasteiger partial charge in [-0.2, -0.15) is 16.8 Å². The maximum absolute atomic E-state index is 13.0. The fourth-order valence-electron chi connectivity index (χ4n) is 4.69. The second kappa shape index (κ2) is 10.7. The number of Topliss-reactive ketones (excluding diaryl/α,β-unsaturated/α-hetero) is 1. The minimum absolute atomic E-state index is 0. The molecule has 19 heteroatoms. The van der Waals surface area contributed by atoms with E-state index in [1.807, 2.05) is 9.44 Å². The number of amides is 1. The molecule has 4 heterocycles. The van der Waals surface area contributed by atoms with Crippen LogP contribution in [0.4, 0.5) is 0 Å². The maximum atomic E-state index is 13.0. The van der Waals surface area contributed by atoms with Gasteiger partial charge in [0, 0.05) is 31.8 Å². The van der Waals surface area contributed by atoms with E-state index >= 15 is 0 Å². The number of hydrogen-bond acceptors (Lipinski definition) is 11. The molecule has 1 saturated heterocycles. The number of carboxylic acid groups (broad SMARTS) is 1. The van der Waals surface area contributed by atoms with Crippen LogP contribution in [0.25, 0.3) is 10.4 Å². The minimum atomic E-state index is -4.58. The molecule has 0 spiro atoms. The summed E-state index contributed by atoms with van der Waals surface area (Å²) in [7, 11) is -7.19. The Morgan fingerprint density at radius 2 is 1.82 bits per heavy atom. The molecule has 0 aliphatic carbocycles. The molecule has 0 unspecified atom stereocenters. The fourth-order valence-corrected chi connectivity index (χ4v) is 8.39. The summed E-state index contributed by atoms with van der Waals surface area (Å²) in [4.78, 5) is 43.3. The molecule has 4 atom stereocenters. The Labute approximate surface area is 244 Å². The normalized spacial score (nSPS) is 22.4. The van der Waals surface area contributed by atoms with Gasteiger partial charge in [0.1, 0.15) is 16.9 Å². The molecule has 0 saturated carbocycles. The summed E-state index contributed by atoms with van der Waals surface area (Å²) in [6.07, 6.45) is 1.75. The molecule has 202 valence electrons. The Kier molecular flexibility index (Phi) is 8.65. The first-order valence-electron chi connectivity index (χ1n) is 10.8. The average molecular weight is 599 g/mol. The molecule has 0 radical (unpaired) electrons. The van der Waals surface area contributed by atoms with Gasteiger partial charge in [-0.15, -0.1) is 11.3 Å². The number of fused-ring (bicyclic) bond motifs is 2. The van der Waals surface area contributed by atoms with Gasteiger partial charge in [-0.05, 0) is 6.92 Å². The molecular formula is C19H23N6NaO9S3. The number of carboxylic acids is 1.